The first kappa shape index (κ1) is 17.9. The maximum atomic E-state index is 11.3. The van der Waals surface area contributed by atoms with Crippen molar-refractivity contribution in [3.05, 3.63) is 29.3 Å². The molecule has 1 rings (SSSR count). The van der Waals surface area contributed by atoms with Crippen LogP contribution in [0, 0.1) is 12.8 Å². The van der Waals surface area contributed by atoms with Crippen molar-refractivity contribution in [2.75, 3.05) is 25.2 Å². The van der Waals surface area contributed by atoms with E-state index in [-0.39, 0.29) is 11.9 Å². The van der Waals surface area contributed by atoms with E-state index in [4.69, 9.17) is 9.47 Å². The summed E-state index contributed by atoms with van der Waals surface area (Å²) in [5.41, 5.74) is 2.64. The Morgan fingerprint density at radius 3 is 2.57 bits per heavy atom. The Balaban J connectivity index is 2.30. The molecule has 0 aliphatic rings. The zero-order valence-corrected chi connectivity index (χ0v) is 14.5. The van der Waals surface area contributed by atoms with E-state index in [1.807, 2.05) is 13.0 Å². The van der Waals surface area contributed by atoms with E-state index in [2.05, 4.69) is 32.9 Å². The standard InChI is InChI=1S/C17H26O3S/c1-12(2)16-7-6-15(10-13(16)3)20-8-9-21-11-14(4)17(18)19-5/h6-7,10,12,14H,8-9,11H2,1-5H3. The Morgan fingerprint density at radius 2 is 2.00 bits per heavy atom. The molecular weight excluding hydrogens is 284 g/mol. The Labute approximate surface area is 132 Å². The normalized spacial score (nSPS) is 12.3. The summed E-state index contributed by atoms with van der Waals surface area (Å²) < 4.78 is 10.5. The molecule has 3 nitrogen and oxygen atoms in total. The van der Waals surface area contributed by atoms with Crippen LogP contribution in [0.3, 0.4) is 0 Å². The van der Waals surface area contributed by atoms with Gasteiger partial charge in [0.05, 0.1) is 19.6 Å². The van der Waals surface area contributed by atoms with Crippen LogP contribution < -0.4 is 4.74 Å². The maximum Gasteiger partial charge on any atom is 0.309 e. The van der Waals surface area contributed by atoms with Gasteiger partial charge in [-0.25, -0.2) is 0 Å². The lowest BCUT2D eigenvalue weighted by Gasteiger charge is -2.13. The van der Waals surface area contributed by atoms with Crippen LogP contribution in [0.25, 0.3) is 0 Å². The average molecular weight is 310 g/mol. The van der Waals surface area contributed by atoms with E-state index >= 15 is 0 Å². The zero-order chi connectivity index (χ0) is 15.8. The molecule has 0 spiro atoms. The van der Waals surface area contributed by atoms with Crippen LogP contribution in [0.15, 0.2) is 18.2 Å². The highest BCUT2D eigenvalue weighted by molar-refractivity contribution is 7.99. The van der Waals surface area contributed by atoms with Crippen LogP contribution in [0.1, 0.15) is 37.8 Å². The van der Waals surface area contributed by atoms with Gasteiger partial charge in [0.2, 0.25) is 0 Å². The van der Waals surface area contributed by atoms with Gasteiger partial charge in [-0.1, -0.05) is 26.8 Å². The Hall–Kier alpha value is -1.16. The van der Waals surface area contributed by atoms with E-state index in [1.54, 1.807) is 11.8 Å². The van der Waals surface area contributed by atoms with Crippen molar-refractivity contribution >= 4 is 17.7 Å². The van der Waals surface area contributed by atoms with Gasteiger partial charge in [0, 0.05) is 11.5 Å². The molecule has 1 atom stereocenters. The molecule has 0 amide bonds. The summed E-state index contributed by atoms with van der Waals surface area (Å²) in [5, 5.41) is 0. The van der Waals surface area contributed by atoms with Crippen LogP contribution in [-0.2, 0) is 9.53 Å². The highest BCUT2D eigenvalue weighted by Gasteiger charge is 2.12. The SMILES string of the molecule is COC(=O)C(C)CSCCOc1ccc(C(C)C)c(C)c1. The lowest BCUT2D eigenvalue weighted by atomic mass is 9.98. The number of ether oxygens (including phenoxy) is 2. The third kappa shape index (κ3) is 6.00. The number of carbonyl (C=O) groups excluding carboxylic acids is 1. The lowest BCUT2D eigenvalue weighted by molar-refractivity contribution is -0.143. The molecule has 0 aliphatic carbocycles. The molecular formula is C17H26O3S. The smallest absolute Gasteiger partial charge is 0.309 e. The fraction of sp³-hybridized carbons (Fsp3) is 0.588. The Bertz CT molecular complexity index is 457. The molecule has 0 aliphatic heterocycles. The molecule has 4 heteroatoms. The lowest BCUT2D eigenvalue weighted by Crippen LogP contribution is -2.15. The summed E-state index contributed by atoms with van der Waals surface area (Å²) in [6.07, 6.45) is 0. The van der Waals surface area contributed by atoms with Crippen LogP contribution in [0.5, 0.6) is 5.75 Å². The van der Waals surface area contributed by atoms with Crippen molar-refractivity contribution in [1.29, 1.82) is 0 Å². The predicted octanol–water partition coefficient (Wildman–Crippen LogP) is 4.04. The van der Waals surface area contributed by atoms with Gasteiger partial charge in [-0.05, 0) is 36.1 Å². The number of aryl methyl sites for hydroxylation is 1. The molecule has 1 unspecified atom stereocenters. The van der Waals surface area contributed by atoms with E-state index < -0.39 is 0 Å². The second kappa shape index (κ2) is 8.98. The number of rotatable bonds is 8. The number of esters is 1. The number of hydrogen-bond acceptors (Lipinski definition) is 4. The molecule has 0 fully saturated rings. The number of thioether (sulfide) groups is 1. The number of hydrogen-bond donors (Lipinski definition) is 0. The van der Waals surface area contributed by atoms with Gasteiger partial charge < -0.3 is 9.47 Å². The second-order valence-electron chi connectivity index (χ2n) is 5.52. The van der Waals surface area contributed by atoms with Gasteiger partial charge in [-0.3, -0.25) is 4.79 Å². The van der Waals surface area contributed by atoms with Crippen molar-refractivity contribution < 1.29 is 14.3 Å². The quantitative estimate of drug-likeness (QED) is 0.536. The van der Waals surface area contributed by atoms with E-state index in [0.717, 1.165) is 17.3 Å². The van der Waals surface area contributed by atoms with Crippen LogP contribution >= 0.6 is 11.8 Å². The third-order valence-electron chi connectivity index (χ3n) is 3.33. The summed E-state index contributed by atoms with van der Waals surface area (Å²) in [5.74, 6) is 2.87. The van der Waals surface area contributed by atoms with Crippen LogP contribution in [-0.4, -0.2) is 31.2 Å². The topological polar surface area (TPSA) is 35.5 Å². The fourth-order valence-electron chi connectivity index (χ4n) is 2.13. The number of methoxy groups -OCH3 is 1. The molecule has 0 heterocycles. The molecule has 0 saturated carbocycles. The predicted molar refractivity (Wildman–Crippen MR) is 89.3 cm³/mol. The van der Waals surface area contributed by atoms with Gasteiger partial charge in [0.25, 0.3) is 0 Å². The number of benzene rings is 1. The summed E-state index contributed by atoms with van der Waals surface area (Å²) >= 11 is 1.71. The van der Waals surface area contributed by atoms with Crippen molar-refractivity contribution in [1.82, 2.24) is 0 Å². The fourth-order valence-corrected chi connectivity index (χ4v) is 2.99. The minimum absolute atomic E-state index is 0.0624. The molecule has 1 aromatic rings. The first-order valence-electron chi connectivity index (χ1n) is 7.34. The highest BCUT2D eigenvalue weighted by atomic mass is 32.2. The van der Waals surface area contributed by atoms with Gasteiger partial charge >= 0.3 is 5.97 Å². The molecule has 0 aromatic heterocycles. The van der Waals surface area contributed by atoms with Gasteiger partial charge in [0.15, 0.2) is 0 Å². The summed E-state index contributed by atoms with van der Waals surface area (Å²) in [4.78, 5) is 11.3. The third-order valence-corrected chi connectivity index (χ3v) is 4.52. The summed E-state index contributed by atoms with van der Waals surface area (Å²) in [7, 11) is 1.43. The Morgan fingerprint density at radius 1 is 1.29 bits per heavy atom. The van der Waals surface area contributed by atoms with Crippen molar-refractivity contribution in [2.45, 2.75) is 33.6 Å². The first-order chi connectivity index (χ1) is 9.95. The molecule has 0 N–H and O–H groups in total. The maximum absolute atomic E-state index is 11.3. The summed E-state index contributed by atoms with van der Waals surface area (Å²) in [6, 6.07) is 6.27. The minimum atomic E-state index is -0.150. The van der Waals surface area contributed by atoms with Crippen LogP contribution in [0.2, 0.25) is 0 Å². The largest absolute Gasteiger partial charge is 0.493 e. The van der Waals surface area contributed by atoms with Gasteiger partial charge in [0.1, 0.15) is 5.75 Å². The first-order valence-corrected chi connectivity index (χ1v) is 8.50. The van der Waals surface area contributed by atoms with Crippen molar-refractivity contribution in [3.8, 4) is 5.75 Å². The molecule has 118 valence electrons. The van der Waals surface area contributed by atoms with Gasteiger partial charge in [-0.2, -0.15) is 11.8 Å². The van der Waals surface area contributed by atoms with Gasteiger partial charge in [-0.15, -0.1) is 0 Å². The van der Waals surface area contributed by atoms with Crippen molar-refractivity contribution in [3.63, 3.8) is 0 Å². The Kier molecular flexibility index (Phi) is 7.65. The molecule has 0 bridgehead atoms. The van der Waals surface area contributed by atoms with Crippen LogP contribution in [0.4, 0.5) is 0 Å². The zero-order valence-electron chi connectivity index (χ0n) is 13.6. The molecule has 1 aromatic carbocycles. The molecule has 21 heavy (non-hydrogen) atoms. The second-order valence-corrected chi connectivity index (χ2v) is 6.67. The molecule has 0 saturated heterocycles. The van der Waals surface area contributed by atoms with E-state index in [0.29, 0.717) is 12.5 Å². The van der Waals surface area contributed by atoms with E-state index in [9.17, 15) is 4.79 Å². The highest BCUT2D eigenvalue weighted by Crippen LogP contribution is 2.23. The molecule has 0 radical (unpaired) electrons. The number of carbonyl (C=O) groups is 1. The van der Waals surface area contributed by atoms with Crippen molar-refractivity contribution in [2.24, 2.45) is 5.92 Å². The summed E-state index contributed by atoms with van der Waals surface area (Å²) in [6.45, 7) is 9.05. The minimum Gasteiger partial charge on any atom is -0.493 e. The average Bonchev–Trinajstić information content (AvgIpc) is 2.45. The monoisotopic (exact) mass is 310 g/mol. The van der Waals surface area contributed by atoms with E-state index in [1.165, 1.54) is 18.2 Å².